The van der Waals surface area contributed by atoms with Gasteiger partial charge in [0, 0.05) is 6.04 Å². The average Bonchev–Trinajstić information content (AvgIpc) is 2.46. The summed E-state index contributed by atoms with van der Waals surface area (Å²) in [6, 6.07) is 6.32. The highest BCUT2D eigenvalue weighted by molar-refractivity contribution is 7.99. The van der Waals surface area contributed by atoms with E-state index in [2.05, 4.69) is 23.1 Å². The molecule has 0 bridgehead atoms. The smallest absolute Gasteiger partial charge is 0.115 e. The zero-order chi connectivity index (χ0) is 13.1. The molecule has 3 heteroatoms. The summed E-state index contributed by atoms with van der Waals surface area (Å²) in [5.41, 5.74) is 2.75. The molecule has 3 rings (SSSR count). The SMILES string of the molecule is Oc1ccc2c(c1)C(NCC1CCSCC1)CCC2. The van der Waals surface area contributed by atoms with Gasteiger partial charge in [-0.3, -0.25) is 0 Å². The van der Waals surface area contributed by atoms with Crippen LogP contribution >= 0.6 is 11.8 Å². The van der Waals surface area contributed by atoms with Crippen LogP contribution in [-0.2, 0) is 6.42 Å². The molecule has 104 valence electrons. The highest BCUT2D eigenvalue weighted by Gasteiger charge is 2.22. The van der Waals surface area contributed by atoms with Crippen molar-refractivity contribution < 1.29 is 5.11 Å². The molecule has 1 unspecified atom stereocenters. The third-order valence-corrected chi connectivity index (χ3v) is 5.49. The Bertz CT molecular complexity index is 429. The largest absolute Gasteiger partial charge is 0.508 e. The molecule has 1 aromatic rings. The van der Waals surface area contributed by atoms with E-state index in [9.17, 15) is 5.11 Å². The molecule has 2 N–H and O–H groups in total. The molecule has 0 saturated carbocycles. The van der Waals surface area contributed by atoms with Crippen molar-refractivity contribution in [2.24, 2.45) is 5.92 Å². The van der Waals surface area contributed by atoms with Crippen LogP contribution in [0.3, 0.4) is 0 Å². The Morgan fingerprint density at radius 3 is 2.89 bits per heavy atom. The van der Waals surface area contributed by atoms with Gasteiger partial charge in [-0.25, -0.2) is 0 Å². The molecule has 1 heterocycles. The number of thioether (sulfide) groups is 1. The van der Waals surface area contributed by atoms with Crippen LogP contribution in [0.2, 0.25) is 0 Å². The Hall–Kier alpha value is -0.670. The highest BCUT2D eigenvalue weighted by atomic mass is 32.2. The number of aromatic hydroxyl groups is 1. The van der Waals surface area contributed by atoms with Crippen LogP contribution in [0.15, 0.2) is 18.2 Å². The van der Waals surface area contributed by atoms with Crippen molar-refractivity contribution in [3.8, 4) is 5.75 Å². The van der Waals surface area contributed by atoms with E-state index in [-0.39, 0.29) is 0 Å². The molecule has 1 atom stereocenters. The van der Waals surface area contributed by atoms with Crippen molar-refractivity contribution in [3.63, 3.8) is 0 Å². The van der Waals surface area contributed by atoms with E-state index in [4.69, 9.17) is 0 Å². The Labute approximate surface area is 120 Å². The quantitative estimate of drug-likeness (QED) is 0.887. The molecule has 1 aliphatic carbocycles. The van der Waals surface area contributed by atoms with Gasteiger partial charge in [0.1, 0.15) is 5.75 Å². The number of hydrogen-bond donors (Lipinski definition) is 2. The summed E-state index contributed by atoms with van der Waals surface area (Å²) in [5, 5.41) is 13.4. The predicted octanol–water partition coefficient (Wildman–Crippen LogP) is 3.50. The summed E-state index contributed by atoms with van der Waals surface area (Å²) in [5.74, 6) is 3.91. The van der Waals surface area contributed by atoms with Gasteiger partial charge in [-0.15, -0.1) is 0 Å². The van der Waals surface area contributed by atoms with E-state index in [1.807, 2.05) is 12.1 Å². The normalized spacial score (nSPS) is 24.1. The predicted molar refractivity (Wildman–Crippen MR) is 81.8 cm³/mol. The second-order valence-electron chi connectivity index (χ2n) is 5.79. The molecule has 1 fully saturated rings. The fourth-order valence-corrected chi connectivity index (χ4v) is 4.46. The van der Waals surface area contributed by atoms with Gasteiger partial charge >= 0.3 is 0 Å². The van der Waals surface area contributed by atoms with Crippen LogP contribution in [0.25, 0.3) is 0 Å². The third-order valence-electron chi connectivity index (χ3n) is 4.44. The summed E-state index contributed by atoms with van der Waals surface area (Å²) in [6.07, 6.45) is 6.34. The van der Waals surface area contributed by atoms with Gasteiger partial charge in [0.15, 0.2) is 0 Å². The lowest BCUT2D eigenvalue weighted by Crippen LogP contribution is -2.31. The minimum Gasteiger partial charge on any atom is -0.508 e. The molecule has 0 aromatic heterocycles. The van der Waals surface area contributed by atoms with E-state index < -0.39 is 0 Å². The maximum atomic E-state index is 9.69. The van der Waals surface area contributed by atoms with E-state index in [0.29, 0.717) is 11.8 Å². The van der Waals surface area contributed by atoms with Gasteiger partial charge in [-0.1, -0.05) is 6.07 Å². The van der Waals surface area contributed by atoms with Crippen LogP contribution in [0, 0.1) is 5.92 Å². The first-order valence-corrected chi connectivity index (χ1v) is 8.61. The molecule has 1 aromatic carbocycles. The zero-order valence-electron chi connectivity index (χ0n) is 11.4. The van der Waals surface area contributed by atoms with Crippen molar-refractivity contribution >= 4 is 11.8 Å². The summed E-state index contributed by atoms with van der Waals surface area (Å²) >= 11 is 2.09. The number of fused-ring (bicyclic) bond motifs is 1. The van der Waals surface area contributed by atoms with Crippen LogP contribution in [0.4, 0.5) is 0 Å². The van der Waals surface area contributed by atoms with Crippen LogP contribution in [-0.4, -0.2) is 23.2 Å². The molecule has 0 radical (unpaired) electrons. The van der Waals surface area contributed by atoms with Crippen molar-refractivity contribution in [2.75, 3.05) is 18.1 Å². The Morgan fingerprint density at radius 2 is 2.05 bits per heavy atom. The Kier molecular flexibility index (Phi) is 4.34. The molecular formula is C16H23NOS. The Balaban J connectivity index is 1.64. The number of nitrogens with one attached hydrogen (secondary N) is 1. The van der Waals surface area contributed by atoms with Crippen LogP contribution in [0.5, 0.6) is 5.75 Å². The second kappa shape index (κ2) is 6.19. The molecule has 2 aliphatic rings. The third kappa shape index (κ3) is 3.26. The minimum absolute atomic E-state index is 0.404. The van der Waals surface area contributed by atoms with Crippen LogP contribution < -0.4 is 5.32 Å². The molecule has 0 amide bonds. The Morgan fingerprint density at radius 1 is 1.21 bits per heavy atom. The lowest BCUT2D eigenvalue weighted by atomic mass is 9.87. The molecule has 2 nitrogen and oxygen atoms in total. The van der Waals surface area contributed by atoms with E-state index in [0.717, 1.165) is 18.9 Å². The molecule has 1 saturated heterocycles. The number of phenolic OH excluding ortho intramolecular Hbond substituents is 1. The lowest BCUT2D eigenvalue weighted by Gasteiger charge is -2.29. The first-order valence-electron chi connectivity index (χ1n) is 7.46. The fraction of sp³-hybridized carbons (Fsp3) is 0.625. The average molecular weight is 277 g/mol. The van der Waals surface area contributed by atoms with Gasteiger partial charge in [-0.05, 0) is 79.3 Å². The zero-order valence-corrected chi connectivity index (χ0v) is 12.2. The van der Waals surface area contributed by atoms with Crippen molar-refractivity contribution in [3.05, 3.63) is 29.3 Å². The first kappa shape index (κ1) is 13.3. The number of hydrogen-bond acceptors (Lipinski definition) is 3. The fourth-order valence-electron chi connectivity index (χ4n) is 3.26. The summed E-state index contributed by atoms with van der Waals surface area (Å²) in [6.45, 7) is 1.14. The van der Waals surface area contributed by atoms with Gasteiger partial charge in [0.2, 0.25) is 0 Å². The van der Waals surface area contributed by atoms with Gasteiger partial charge in [-0.2, -0.15) is 11.8 Å². The standard InChI is InChI=1S/C16H23NOS/c18-14-5-4-13-2-1-3-16(15(13)10-14)17-11-12-6-8-19-9-7-12/h4-5,10,12,16-18H,1-3,6-9,11H2. The molecule has 19 heavy (non-hydrogen) atoms. The molecule has 0 spiro atoms. The van der Waals surface area contributed by atoms with Gasteiger partial charge in [0.25, 0.3) is 0 Å². The monoisotopic (exact) mass is 277 g/mol. The summed E-state index contributed by atoms with van der Waals surface area (Å²) in [7, 11) is 0. The maximum Gasteiger partial charge on any atom is 0.115 e. The number of aryl methyl sites for hydroxylation is 1. The van der Waals surface area contributed by atoms with Gasteiger partial charge in [0.05, 0.1) is 0 Å². The van der Waals surface area contributed by atoms with Gasteiger partial charge < -0.3 is 10.4 Å². The lowest BCUT2D eigenvalue weighted by molar-refractivity contribution is 0.383. The van der Waals surface area contributed by atoms with Crippen molar-refractivity contribution in [2.45, 2.75) is 38.1 Å². The molecular weight excluding hydrogens is 254 g/mol. The first-order chi connectivity index (χ1) is 9.33. The van der Waals surface area contributed by atoms with E-state index >= 15 is 0 Å². The van der Waals surface area contributed by atoms with E-state index in [1.165, 1.54) is 48.3 Å². The topological polar surface area (TPSA) is 32.3 Å². The highest BCUT2D eigenvalue weighted by Crippen LogP contribution is 2.32. The second-order valence-corrected chi connectivity index (χ2v) is 7.02. The summed E-state index contributed by atoms with van der Waals surface area (Å²) < 4.78 is 0. The summed E-state index contributed by atoms with van der Waals surface area (Å²) in [4.78, 5) is 0. The van der Waals surface area contributed by atoms with Crippen molar-refractivity contribution in [1.82, 2.24) is 5.32 Å². The van der Waals surface area contributed by atoms with E-state index in [1.54, 1.807) is 0 Å². The number of rotatable bonds is 3. The van der Waals surface area contributed by atoms with Crippen LogP contribution in [0.1, 0.15) is 42.9 Å². The van der Waals surface area contributed by atoms with Crippen molar-refractivity contribution in [1.29, 1.82) is 0 Å². The number of phenols is 1. The maximum absolute atomic E-state index is 9.69. The molecule has 1 aliphatic heterocycles. The minimum atomic E-state index is 0.404. The number of benzene rings is 1.